The van der Waals surface area contributed by atoms with Gasteiger partial charge in [-0.1, -0.05) is 199 Å². The molecule has 0 N–H and O–H groups in total. The molecule has 14 rings (SSSR count). The lowest BCUT2D eigenvalue weighted by atomic mass is 9.89. The molecule has 0 spiro atoms. The van der Waals surface area contributed by atoms with Crippen LogP contribution in [0.3, 0.4) is 0 Å². The Morgan fingerprint density at radius 1 is 0.312 bits per heavy atom. The van der Waals surface area contributed by atoms with Gasteiger partial charge < -0.3 is 18.6 Å². The minimum Gasteiger partial charge on any atom is -0.455 e. The van der Waals surface area contributed by atoms with Gasteiger partial charge in [-0.05, 0) is 153 Å². The van der Waals surface area contributed by atoms with E-state index in [1.165, 1.54) is 88.4 Å². The summed E-state index contributed by atoms with van der Waals surface area (Å²) in [5.41, 5.74) is 20.9. The second-order valence-corrected chi connectivity index (χ2v) is 21.8. The van der Waals surface area contributed by atoms with Crippen molar-refractivity contribution in [1.82, 2.24) is 0 Å². The van der Waals surface area contributed by atoms with E-state index >= 15 is 0 Å². The van der Waals surface area contributed by atoms with E-state index in [9.17, 15) is 0 Å². The van der Waals surface area contributed by atoms with Crippen molar-refractivity contribution in [3.63, 3.8) is 0 Å². The van der Waals surface area contributed by atoms with E-state index in [0.29, 0.717) is 0 Å². The molecule has 0 bridgehead atoms. The smallest absolute Gasteiger partial charge is 0.143 e. The number of para-hydroxylation sites is 6. The van der Waals surface area contributed by atoms with E-state index in [1.807, 2.05) is 0 Å². The van der Waals surface area contributed by atoms with Gasteiger partial charge in [0, 0.05) is 54.8 Å². The summed E-state index contributed by atoms with van der Waals surface area (Å²) >= 11 is 0. The largest absolute Gasteiger partial charge is 0.455 e. The van der Waals surface area contributed by atoms with E-state index in [0.717, 1.165) is 118 Å². The number of aryl methyl sites for hydroxylation is 4. The summed E-state index contributed by atoms with van der Waals surface area (Å²) in [7, 11) is 0. The standard InChI is InChI=1S/C76H64N2O2/c1-5-21-51-45-55(59-31-19-33-63-61-29-15-17-35-69(61)79-75(59)63)46-52(22-6-2)73(51)77(57-25-11-9-12-26-57)67-43-39-49-38-42-66-68(44-40-50-37-41-65(67)71(49)72(50)66)78(58-27-13-10-14-28-58)74-53(23-7-3)47-56(48-54(74)24-8-4)60-32-20-34-64-62-30-16-18-36-70(62)80-76(60)64/h9-20,25-48H,5-8,21-24H2,1-4H3. The number of anilines is 6. The third-order valence-electron chi connectivity index (χ3n) is 16.6. The minimum absolute atomic E-state index is 0.920. The molecule has 0 fully saturated rings. The number of nitrogens with zero attached hydrogens (tertiary/aromatic N) is 2. The Bertz CT molecular complexity index is 4250. The molecule has 390 valence electrons. The molecule has 2 heterocycles. The molecule has 0 amide bonds. The normalized spacial score (nSPS) is 11.9. The summed E-state index contributed by atoms with van der Waals surface area (Å²) in [5, 5.41) is 12.1. The molecule has 0 radical (unpaired) electrons. The van der Waals surface area contributed by atoms with Gasteiger partial charge >= 0.3 is 0 Å². The van der Waals surface area contributed by atoms with E-state index in [4.69, 9.17) is 8.83 Å². The second-order valence-electron chi connectivity index (χ2n) is 21.8. The molecule has 12 aromatic carbocycles. The van der Waals surface area contributed by atoms with Crippen molar-refractivity contribution < 1.29 is 8.83 Å². The van der Waals surface area contributed by atoms with Gasteiger partial charge in [0.15, 0.2) is 0 Å². The van der Waals surface area contributed by atoms with Gasteiger partial charge in [0.05, 0.1) is 22.7 Å². The Hall–Kier alpha value is -9.12. The monoisotopic (exact) mass is 1040 g/mol. The van der Waals surface area contributed by atoms with Crippen LogP contribution < -0.4 is 9.80 Å². The second kappa shape index (κ2) is 20.6. The summed E-state index contributed by atoms with van der Waals surface area (Å²) < 4.78 is 13.4. The first kappa shape index (κ1) is 49.2. The molecule has 4 nitrogen and oxygen atoms in total. The predicted octanol–water partition coefficient (Wildman–Crippen LogP) is 22.5. The Balaban J connectivity index is 0.982. The summed E-state index contributed by atoms with van der Waals surface area (Å²) in [6.07, 6.45) is 7.77. The van der Waals surface area contributed by atoms with Crippen molar-refractivity contribution in [3.8, 4) is 22.3 Å². The maximum atomic E-state index is 6.69. The van der Waals surface area contributed by atoms with Crippen molar-refractivity contribution in [3.05, 3.63) is 241 Å². The van der Waals surface area contributed by atoms with Gasteiger partial charge in [-0.3, -0.25) is 0 Å². The molecule has 0 aliphatic heterocycles. The van der Waals surface area contributed by atoms with Crippen molar-refractivity contribution in [2.24, 2.45) is 0 Å². The molecule has 0 saturated heterocycles. The molecule has 0 aliphatic rings. The highest BCUT2D eigenvalue weighted by atomic mass is 16.3. The van der Waals surface area contributed by atoms with Gasteiger partial charge in [-0.25, -0.2) is 0 Å². The highest BCUT2D eigenvalue weighted by Gasteiger charge is 2.28. The zero-order valence-electron chi connectivity index (χ0n) is 46.2. The van der Waals surface area contributed by atoms with E-state index in [2.05, 4.69) is 256 Å². The third kappa shape index (κ3) is 8.19. The van der Waals surface area contributed by atoms with Crippen LogP contribution in [0.4, 0.5) is 34.1 Å². The molecular formula is C76H64N2O2. The average Bonchev–Trinajstić information content (AvgIpc) is 4.12. The molecule has 0 atom stereocenters. The fourth-order valence-corrected chi connectivity index (χ4v) is 13.3. The topological polar surface area (TPSA) is 32.8 Å². The van der Waals surface area contributed by atoms with Crippen LogP contribution in [-0.4, -0.2) is 0 Å². The van der Waals surface area contributed by atoms with Gasteiger partial charge in [0.1, 0.15) is 22.3 Å². The number of rotatable bonds is 16. The van der Waals surface area contributed by atoms with Crippen molar-refractivity contribution >= 4 is 110 Å². The van der Waals surface area contributed by atoms with Gasteiger partial charge in [0.25, 0.3) is 0 Å². The maximum absolute atomic E-state index is 6.69. The van der Waals surface area contributed by atoms with Crippen LogP contribution in [-0.2, 0) is 25.7 Å². The molecule has 0 saturated carbocycles. The van der Waals surface area contributed by atoms with Crippen LogP contribution in [0.2, 0.25) is 0 Å². The van der Waals surface area contributed by atoms with Crippen LogP contribution in [0.25, 0.3) is 98.4 Å². The zero-order valence-corrected chi connectivity index (χ0v) is 46.2. The Kier molecular flexibility index (Phi) is 12.7. The van der Waals surface area contributed by atoms with Crippen LogP contribution in [0.5, 0.6) is 0 Å². The van der Waals surface area contributed by atoms with Crippen LogP contribution in [0.15, 0.2) is 227 Å². The fraction of sp³-hybridized carbons (Fsp3) is 0.158. The van der Waals surface area contributed by atoms with Crippen molar-refractivity contribution in [2.45, 2.75) is 79.1 Å². The molecule has 14 aromatic rings. The van der Waals surface area contributed by atoms with Gasteiger partial charge in [0.2, 0.25) is 0 Å². The molecule has 0 aliphatic carbocycles. The first-order valence-corrected chi connectivity index (χ1v) is 29.1. The van der Waals surface area contributed by atoms with Crippen LogP contribution in [0.1, 0.15) is 75.6 Å². The summed E-state index contributed by atoms with van der Waals surface area (Å²) in [5.74, 6) is 0. The molecular weight excluding hydrogens is 973 g/mol. The minimum atomic E-state index is 0.920. The lowest BCUT2D eigenvalue weighted by Gasteiger charge is -2.33. The van der Waals surface area contributed by atoms with Gasteiger partial charge in [-0.2, -0.15) is 0 Å². The fourth-order valence-electron chi connectivity index (χ4n) is 13.3. The average molecular weight is 1040 g/mol. The first-order valence-electron chi connectivity index (χ1n) is 29.1. The van der Waals surface area contributed by atoms with E-state index < -0.39 is 0 Å². The molecule has 80 heavy (non-hydrogen) atoms. The number of fused-ring (bicyclic) bond motifs is 6. The van der Waals surface area contributed by atoms with Crippen molar-refractivity contribution in [2.75, 3.05) is 9.80 Å². The van der Waals surface area contributed by atoms with Gasteiger partial charge in [-0.15, -0.1) is 0 Å². The molecule has 4 heteroatoms. The lowest BCUT2D eigenvalue weighted by molar-refractivity contribution is 0.669. The third-order valence-corrected chi connectivity index (χ3v) is 16.6. The summed E-state index contributed by atoms with van der Waals surface area (Å²) in [6, 6.07) is 81.0. The summed E-state index contributed by atoms with van der Waals surface area (Å²) in [6.45, 7) is 9.23. The Labute approximate surface area is 468 Å². The predicted molar refractivity (Wildman–Crippen MR) is 341 cm³/mol. The number of furan rings is 2. The van der Waals surface area contributed by atoms with Crippen molar-refractivity contribution in [1.29, 1.82) is 0 Å². The summed E-state index contributed by atoms with van der Waals surface area (Å²) in [4.78, 5) is 5.18. The van der Waals surface area contributed by atoms with Crippen LogP contribution in [0, 0.1) is 0 Å². The van der Waals surface area contributed by atoms with E-state index in [1.54, 1.807) is 0 Å². The highest BCUT2D eigenvalue weighted by Crippen LogP contribution is 2.51. The van der Waals surface area contributed by atoms with E-state index in [-0.39, 0.29) is 0 Å². The zero-order chi connectivity index (χ0) is 53.8. The molecule has 0 unspecified atom stereocenters. The SMILES string of the molecule is CCCc1cc(-c2cccc3c2oc2ccccc23)cc(CCC)c1N(c1ccccc1)c1ccc2ccc3c(N(c4ccccc4)c4c(CCC)cc(-c5cccc6c5oc5ccccc56)cc4CCC)ccc4ccc1c2c43. The Morgan fingerprint density at radius 2 is 0.662 bits per heavy atom. The van der Waals surface area contributed by atoms with Crippen LogP contribution >= 0.6 is 0 Å². The maximum Gasteiger partial charge on any atom is 0.143 e. The molecule has 2 aromatic heterocycles. The number of hydrogen-bond acceptors (Lipinski definition) is 4. The quantitative estimate of drug-likeness (QED) is 0.0903. The highest BCUT2D eigenvalue weighted by molar-refractivity contribution is 6.28. The number of hydrogen-bond donors (Lipinski definition) is 0. The Morgan fingerprint density at radius 3 is 1.05 bits per heavy atom. The lowest BCUT2D eigenvalue weighted by Crippen LogP contribution is -2.16. The first-order chi connectivity index (χ1) is 39.5. The number of benzene rings is 12.